The maximum atomic E-state index is 11.4. The summed E-state index contributed by atoms with van der Waals surface area (Å²) in [6, 6.07) is 7.54. The Labute approximate surface area is 142 Å². The van der Waals surface area contributed by atoms with Gasteiger partial charge in [-0.25, -0.2) is 0 Å². The number of hydrogen-bond donors (Lipinski definition) is 2. The van der Waals surface area contributed by atoms with Crippen LogP contribution in [0.5, 0.6) is 0 Å². The second-order valence-corrected chi connectivity index (χ2v) is 5.03. The second-order valence-electron chi connectivity index (χ2n) is 5.03. The van der Waals surface area contributed by atoms with Crippen LogP contribution >= 0.6 is 0 Å². The third-order valence-corrected chi connectivity index (χ3v) is 3.58. The molecule has 3 rings (SSSR count). The molecular formula is C19H26N2O3. The molecular weight excluding hydrogens is 304 g/mol. The third kappa shape index (κ3) is 5.35. The molecule has 0 spiro atoms. The smallest absolute Gasteiger partial charge is 0.322 e. The average Bonchev–Trinajstić information content (AvgIpc) is 3.18. The summed E-state index contributed by atoms with van der Waals surface area (Å²) in [7, 11) is 1.42. The normalized spacial score (nSPS) is 15.5. The number of pyridine rings is 1. The Balaban J connectivity index is 0.000000230. The lowest BCUT2D eigenvalue weighted by Gasteiger charge is -2.04. The van der Waals surface area contributed by atoms with E-state index >= 15 is 0 Å². The van der Waals surface area contributed by atoms with Crippen LogP contribution in [0.4, 0.5) is 0 Å². The summed E-state index contributed by atoms with van der Waals surface area (Å²) >= 11 is 0. The maximum Gasteiger partial charge on any atom is 0.322 e. The summed E-state index contributed by atoms with van der Waals surface area (Å²) in [5.74, 6) is -0.132. The Kier molecular flexibility index (Phi) is 8.50. The van der Waals surface area contributed by atoms with Crippen LogP contribution in [-0.4, -0.2) is 30.6 Å². The van der Waals surface area contributed by atoms with Gasteiger partial charge < -0.3 is 15.0 Å². The zero-order chi connectivity index (χ0) is 17.9. The number of hydrogen-bond acceptors (Lipinski definition) is 4. The molecule has 0 saturated carbocycles. The van der Waals surface area contributed by atoms with E-state index in [0.29, 0.717) is 5.39 Å². The van der Waals surface area contributed by atoms with Crippen LogP contribution in [-0.2, 0) is 9.53 Å². The van der Waals surface area contributed by atoms with Gasteiger partial charge in [0.1, 0.15) is 6.04 Å². The van der Waals surface area contributed by atoms with Crippen molar-refractivity contribution in [1.82, 2.24) is 10.3 Å². The first-order chi connectivity index (χ1) is 11.7. The van der Waals surface area contributed by atoms with Crippen molar-refractivity contribution >= 4 is 22.8 Å². The highest BCUT2D eigenvalue weighted by atomic mass is 16.5. The molecule has 2 aromatic rings. The lowest BCUT2D eigenvalue weighted by molar-refractivity contribution is -0.142. The topological polar surface area (TPSA) is 71.2 Å². The van der Waals surface area contributed by atoms with Crippen molar-refractivity contribution in [1.29, 1.82) is 0 Å². The fraction of sp³-hybridized carbons (Fsp3) is 0.368. The van der Waals surface area contributed by atoms with Gasteiger partial charge in [0.15, 0.2) is 0 Å². The van der Waals surface area contributed by atoms with Crippen LogP contribution < -0.4 is 10.9 Å². The van der Waals surface area contributed by atoms with E-state index in [9.17, 15) is 9.59 Å². The van der Waals surface area contributed by atoms with E-state index in [4.69, 9.17) is 0 Å². The van der Waals surface area contributed by atoms with Crippen LogP contribution in [0.2, 0.25) is 0 Å². The Morgan fingerprint density at radius 2 is 2.08 bits per heavy atom. The lowest BCUT2D eigenvalue weighted by Crippen LogP contribution is -2.31. The van der Waals surface area contributed by atoms with Crippen molar-refractivity contribution in [2.75, 3.05) is 13.7 Å². The minimum Gasteiger partial charge on any atom is -0.468 e. The number of carbonyl (C=O) groups is 1. The molecule has 0 amide bonds. The number of nitrogens with one attached hydrogen (secondary N) is 2. The number of esters is 1. The Bertz CT molecular complexity index is 716. The van der Waals surface area contributed by atoms with E-state index in [2.05, 4.69) is 21.6 Å². The molecule has 1 atom stereocenters. The maximum absolute atomic E-state index is 11.4. The van der Waals surface area contributed by atoms with Crippen molar-refractivity contribution < 1.29 is 9.53 Å². The van der Waals surface area contributed by atoms with E-state index in [1.165, 1.54) is 7.11 Å². The van der Waals surface area contributed by atoms with E-state index in [0.717, 1.165) is 30.3 Å². The Morgan fingerprint density at radius 1 is 1.33 bits per heavy atom. The van der Waals surface area contributed by atoms with E-state index in [1.807, 2.05) is 38.1 Å². The lowest BCUT2D eigenvalue weighted by atomic mass is 10.1. The molecule has 1 unspecified atom stereocenters. The van der Waals surface area contributed by atoms with Gasteiger partial charge in [0.05, 0.1) is 7.11 Å². The number of aromatic nitrogens is 1. The molecule has 1 aliphatic heterocycles. The Morgan fingerprint density at radius 3 is 2.67 bits per heavy atom. The first-order valence-electron chi connectivity index (χ1n) is 8.21. The van der Waals surface area contributed by atoms with Crippen LogP contribution in [0.15, 0.2) is 41.8 Å². The predicted octanol–water partition coefficient (Wildman–Crippen LogP) is 3.11. The summed E-state index contributed by atoms with van der Waals surface area (Å²) in [4.78, 5) is 24.7. The van der Waals surface area contributed by atoms with Crippen LogP contribution in [0.3, 0.4) is 0 Å². The molecule has 5 heteroatoms. The summed E-state index contributed by atoms with van der Waals surface area (Å²) in [5.41, 5.74) is 0.908. The molecule has 24 heavy (non-hydrogen) atoms. The van der Waals surface area contributed by atoms with Crippen molar-refractivity contribution in [3.8, 4) is 0 Å². The van der Waals surface area contributed by atoms with Gasteiger partial charge in [-0.15, -0.1) is 0 Å². The third-order valence-electron chi connectivity index (χ3n) is 3.58. The first-order valence-corrected chi connectivity index (χ1v) is 8.21. The SMILES string of the molecule is C=Cc1ccc2cc[nH]c(=O)c2c1.CC.COC(=O)C1CCCN1. The monoisotopic (exact) mass is 330 g/mol. The van der Waals surface area contributed by atoms with Gasteiger partial charge in [0, 0.05) is 11.6 Å². The minimum absolute atomic E-state index is 0.0324. The molecule has 5 nitrogen and oxygen atoms in total. The highest BCUT2D eigenvalue weighted by Crippen LogP contribution is 2.11. The van der Waals surface area contributed by atoms with Gasteiger partial charge in [0.25, 0.3) is 5.56 Å². The van der Waals surface area contributed by atoms with Crippen LogP contribution in [0.25, 0.3) is 16.8 Å². The van der Waals surface area contributed by atoms with Crippen molar-refractivity contribution in [3.05, 3.63) is 53.0 Å². The number of H-pyrrole nitrogens is 1. The highest BCUT2D eigenvalue weighted by Gasteiger charge is 2.21. The van der Waals surface area contributed by atoms with Crippen LogP contribution in [0.1, 0.15) is 32.3 Å². The first kappa shape index (κ1) is 19.6. The molecule has 1 saturated heterocycles. The molecule has 130 valence electrons. The number of methoxy groups -OCH3 is 1. The van der Waals surface area contributed by atoms with E-state index in [-0.39, 0.29) is 17.6 Å². The van der Waals surface area contributed by atoms with Crippen molar-refractivity contribution in [3.63, 3.8) is 0 Å². The average molecular weight is 330 g/mol. The molecule has 0 radical (unpaired) electrons. The molecule has 1 aliphatic rings. The van der Waals surface area contributed by atoms with E-state index < -0.39 is 0 Å². The number of ether oxygens (including phenoxy) is 1. The molecule has 1 fully saturated rings. The summed E-state index contributed by atoms with van der Waals surface area (Å²) < 4.78 is 4.53. The van der Waals surface area contributed by atoms with Gasteiger partial charge in [-0.05, 0) is 42.5 Å². The Hall–Kier alpha value is -2.40. The fourth-order valence-corrected chi connectivity index (χ4v) is 2.36. The number of aromatic amines is 1. The molecule has 2 heterocycles. The second kappa shape index (κ2) is 10.4. The largest absolute Gasteiger partial charge is 0.468 e. The predicted molar refractivity (Wildman–Crippen MR) is 99.0 cm³/mol. The molecule has 0 bridgehead atoms. The minimum atomic E-state index is -0.132. The zero-order valence-corrected chi connectivity index (χ0v) is 14.6. The molecule has 1 aromatic carbocycles. The molecule has 2 N–H and O–H groups in total. The van der Waals surface area contributed by atoms with Gasteiger partial charge in [-0.3, -0.25) is 9.59 Å². The summed E-state index contributed by atoms with van der Waals surface area (Å²) in [6.07, 6.45) is 5.39. The summed E-state index contributed by atoms with van der Waals surface area (Å²) in [6.45, 7) is 8.60. The number of fused-ring (bicyclic) bond motifs is 1. The van der Waals surface area contributed by atoms with Gasteiger partial charge in [-0.2, -0.15) is 0 Å². The number of carbonyl (C=O) groups excluding carboxylic acids is 1. The van der Waals surface area contributed by atoms with Crippen molar-refractivity contribution in [2.45, 2.75) is 32.7 Å². The van der Waals surface area contributed by atoms with Crippen molar-refractivity contribution in [2.24, 2.45) is 0 Å². The molecule has 0 aliphatic carbocycles. The highest BCUT2D eigenvalue weighted by molar-refractivity contribution is 5.83. The van der Waals surface area contributed by atoms with Gasteiger partial charge in [-0.1, -0.05) is 38.6 Å². The number of rotatable bonds is 2. The zero-order valence-electron chi connectivity index (χ0n) is 14.6. The summed E-state index contributed by atoms with van der Waals surface area (Å²) in [5, 5.41) is 4.69. The molecule has 1 aromatic heterocycles. The fourth-order valence-electron chi connectivity index (χ4n) is 2.36. The van der Waals surface area contributed by atoms with E-state index in [1.54, 1.807) is 12.3 Å². The standard InChI is InChI=1S/C11H9NO.C6H11NO2.C2H6/c1-2-8-3-4-9-5-6-12-11(13)10(9)7-8;1-9-6(8)5-3-2-4-7-5;1-2/h2-7H,1H2,(H,12,13);5,7H,2-4H2,1H3;1-2H3. The van der Waals surface area contributed by atoms with Gasteiger partial charge in [0.2, 0.25) is 0 Å². The quantitative estimate of drug-likeness (QED) is 0.830. The number of benzene rings is 1. The van der Waals surface area contributed by atoms with Crippen LogP contribution in [0, 0.1) is 0 Å². The van der Waals surface area contributed by atoms with Gasteiger partial charge >= 0.3 is 5.97 Å².